The number of hydrogen-bond acceptors (Lipinski definition) is 5. The Morgan fingerprint density at radius 2 is 1.66 bits per heavy atom. The van der Waals surface area contributed by atoms with Gasteiger partial charge in [-0.05, 0) is 72.4 Å². The molecule has 3 aromatic rings. The lowest BCUT2D eigenvalue weighted by Gasteiger charge is -2.11. The fraction of sp³-hybridized carbons (Fsp3) is 0.281. The Balaban J connectivity index is 1.38. The molecule has 6 heteroatoms. The van der Waals surface area contributed by atoms with E-state index in [0.717, 1.165) is 53.3 Å². The highest BCUT2D eigenvalue weighted by atomic mass is 35.5. The van der Waals surface area contributed by atoms with E-state index in [1.807, 2.05) is 48.5 Å². The molecule has 1 atom stereocenters. The molecule has 0 radical (unpaired) electrons. The minimum Gasteiger partial charge on any atom is -0.494 e. The van der Waals surface area contributed by atoms with Crippen molar-refractivity contribution in [3.8, 4) is 28.7 Å². The number of unbranched alkanes of at least 4 members (excludes halogenated alkanes) is 1. The predicted octanol–water partition coefficient (Wildman–Crippen LogP) is 6.23. The van der Waals surface area contributed by atoms with Crippen LogP contribution in [0.5, 0.6) is 5.75 Å². The van der Waals surface area contributed by atoms with E-state index in [1.54, 1.807) is 0 Å². The molecule has 198 valence electrons. The normalized spacial score (nSPS) is 11.2. The van der Waals surface area contributed by atoms with E-state index in [1.165, 1.54) is 5.56 Å². The molecule has 0 saturated heterocycles. The van der Waals surface area contributed by atoms with E-state index in [4.69, 9.17) is 25.8 Å². The summed E-state index contributed by atoms with van der Waals surface area (Å²) in [5.74, 6) is 6.60. The number of aliphatic hydroxyl groups excluding tert-OH is 1. The topological polar surface area (TPSA) is 65.0 Å². The fourth-order valence-electron chi connectivity index (χ4n) is 3.51. The standard InChI is InChI=1S/C32H33ClO5/c1-3-24-7-13-28(31(33)21-24)14-10-25-8-11-26(12-9-25)27-15-17-30(18-16-27)37-20-6-5-19-36-22-29(34)23-38-32(35)4-2/h4,7-9,11-13,15-18,21,29,34H,2-3,5-6,19-20,22-23H2,1H3. The zero-order chi connectivity index (χ0) is 27.2. The minimum atomic E-state index is -0.847. The van der Waals surface area contributed by atoms with Gasteiger partial charge in [0.2, 0.25) is 0 Å². The second kappa shape index (κ2) is 15.6. The third-order valence-corrected chi connectivity index (χ3v) is 6.02. The Bertz CT molecular complexity index is 1240. The number of esters is 1. The summed E-state index contributed by atoms with van der Waals surface area (Å²) in [6.07, 6.45) is 2.77. The molecule has 0 heterocycles. The first-order chi connectivity index (χ1) is 18.5. The van der Waals surface area contributed by atoms with Crippen LogP contribution in [0.25, 0.3) is 11.1 Å². The van der Waals surface area contributed by atoms with Crippen molar-refractivity contribution in [3.05, 3.63) is 101 Å². The highest BCUT2D eigenvalue weighted by Gasteiger charge is 2.07. The Morgan fingerprint density at radius 1 is 0.974 bits per heavy atom. The van der Waals surface area contributed by atoms with Gasteiger partial charge in [0.1, 0.15) is 18.5 Å². The molecule has 0 spiro atoms. The Morgan fingerprint density at radius 3 is 2.32 bits per heavy atom. The molecule has 0 amide bonds. The molecule has 3 rings (SSSR count). The van der Waals surface area contributed by atoms with Crippen molar-refractivity contribution in [2.45, 2.75) is 32.3 Å². The van der Waals surface area contributed by atoms with E-state index in [0.29, 0.717) is 18.2 Å². The Labute approximate surface area is 230 Å². The first-order valence-corrected chi connectivity index (χ1v) is 13.0. The van der Waals surface area contributed by atoms with Gasteiger partial charge in [0, 0.05) is 23.8 Å². The van der Waals surface area contributed by atoms with Crippen molar-refractivity contribution >= 4 is 17.6 Å². The third-order valence-electron chi connectivity index (χ3n) is 5.70. The summed E-state index contributed by atoms with van der Waals surface area (Å²) >= 11 is 6.34. The minimum absolute atomic E-state index is 0.106. The number of ether oxygens (including phenoxy) is 3. The van der Waals surface area contributed by atoms with Gasteiger partial charge in [-0.15, -0.1) is 0 Å². The van der Waals surface area contributed by atoms with Gasteiger partial charge < -0.3 is 19.3 Å². The van der Waals surface area contributed by atoms with Gasteiger partial charge in [0.25, 0.3) is 0 Å². The summed E-state index contributed by atoms with van der Waals surface area (Å²) in [6.45, 7) is 6.47. The highest BCUT2D eigenvalue weighted by Crippen LogP contribution is 2.23. The molecule has 1 N–H and O–H groups in total. The van der Waals surface area contributed by atoms with Crippen LogP contribution in [0.3, 0.4) is 0 Å². The number of halogens is 1. The van der Waals surface area contributed by atoms with Gasteiger partial charge in [-0.25, -0.2) is 4.79 Å². The third kappa shape index (κ3) is 9.72. The maximum Gasteiger partial charge on any atom is 0.330 e. The first-order valence-electron chi connectivity index (χ1n) is 12.7. The second-order valence-corrected chi connectivity index (χ2v) is 9.05. The number of carbonyl (C=O) groups excluding carboxylic acids is 1. The summed E-state index contributed by atoms with van der Waals surface area (Å²) < 4.78 is 16.0. The molecule has 1 unspecified atom stereocenters. The van der Waals surface area contributed by atoms with Crippen LogP contribution in [0, 0.1) is 11.8 Å². The van der Waals surface area contributed by atoms with Crippen LogP contribution in [0.1, 0.15) is 36.5 Å². The van der Waals surface area contributed by atoms with Gasteiger partial charge in [-0.2, -0.15) is 0 Å². The molecule has 3 aromatic carbocycles. The lowest BCUT2D eigenvalue weighted by atomic mass is 10.0. The molecule has 0 aliphatic carbocycles. The molecule has 0 bridgehead atoms. The SMILES string of the molecule is C=CC(=O)OCC(O)COCCCCOc1ccc(-c2ccc(C#Cc3ccc(CC)cc3Cl)cc2)cc1. The van der Waals surface area contributed by atoms with E-state index < -0.39 is 12.1 Å². The first kappa shape index (κ1) is 29.0. The van der Waals surface area contributed by atoms with Crippen LogP contribution >= 0.6 is 11.6 Å². The van der Waals surface area contributed by atoms with Crippen LogP contribution in [0.15, 0.2) is 79.4 Å². The molecule has 0 aliphatic heterocycles. The maximum absolute atomic E-state index is 11.0. The van der Waals surface area contributed by atoms with Gasteiger partial charge in [-0.1, -0.05) is 67.3 Å². The molecule has 0 aromatic heterocycles. The predicted molar refractivity (Wildman–Crippen MR) is 151 cm³/mol. The average molecular weight is 533 g/mol. The van der Waals surface area contributed by atoms with Gasteiger partial charge in [0.05, 0.1) is 18.2 Å². The fourth-order valence-corrected chi connectivity index (χ4v) is 3.76. The van der Waals surface area contributed by atoms with Gasteiger partial charge in [-0.3, -0.25) is 0 Å². The van der Waals surface area contributed by atoms with Crippen LogP contribution < -0.4 is 4.74 Å². The highest BCUT2D eigenvalue weighted by molar-refractivity contribution is 6.31. The van der Waals surface area contributed by atoms with Crippen molar-refractivity contribution in [3.63, 3.8) is 0 Å². The quantitative estimate of drug-likeness (QED) is 0.122. The van der Waals surface area contributed by atoms with Crippen molar-refractivity contribution in [2.24, 2.45) is 0 Å². The summed E-state index contributed by atoms with van der Waals surface area (Å²) in [6, 6.07) is 22.1. The number of rotatable bonds is 13. The van der Waals surface area contributed by atoms with Gasteiger partial charge >= 0.3 is 5.97 Å². The molecule has 0 saturated carbocycles. The number of hydrogen-bond donors (Lipinski definition) is 1. The van der Waals surface area contributed by atoms with Crippen molar-refractivity contribution < 1.29 is 24.1 Å². The summed E-state index contributed by atoms with van der Waals surface area (Å²) in [7, 11) is 0. The molecule has 0 fully saturated rings. The molecular weight excluding hydrogens is 500 g/mol. The van der Waals surface area contributed by atoms with Crippen molar-refractivity contribution in [2.75, 3.05) is 26.4 Å². The Kier molecular flexibility index (Phi) is 11.9. The number of aryl methyl sites for hydroxylation is 1. The monoisotopic (exact) mass is 532 g/mol. The van der Waals surface area contributed by atoms with E-state index in [2.05, 4.69) is 43.5 Å². The molecule has 0 aliphatic rings. The van der Waals surface area contributed by atoms with Crippen molar-refractivity contribution in [1.29, 1.82) is 0 Å². The van der Waals surface area contributed by atoms with Crippen LogP contribution in [0.2, 0.25) is 5.02 Å². The number of benzene rings is 3. The molecule has 38 heavy (non-hydrogen) atoms. The summed E-state index contributed by atoms with van der Waals surface area (Å²) in [5.41, 5.74) is 5.16. The molecular formula is C32H33ClO5. The van der Waals surface area contributed by atoms with Crippen LogP contribution in [-0.4, -0.2) is 43.6 Å². The van der Waals surface area contributed by atoms with E-state index in [9.17, 15) is 9.90 Å². The second-order valence-electron chi connectivity index (χ2n) is 8.64. The zero-order valence-corrected chi connectivity index (χ0v) is 22.4. The lowest BCUT2D eigenvalue weighted by Crippen LogP contribution is -2.23. The van der Waals surface area contributed by atoms with Crippen molar-refractivity contribution in [1.82, 2.24) is 0 Å². The maximum atomic E-state index is 11.0. The Hall–Kier alpha value is -3.56. The summed E-state index contributed by atoms with van der Waals surface area (Å²) in [4.78, 5) is 11.0. The van der Waals surface area contributed by atoms with E-state index >= 15 is 0 Å². The smallest absolute Gasteiger partial charge is 0.330 e. The van der Waals surface area contributed by atoms with Crippen LogP contribution in [-0.2, 0) is 20.7 Å². The number of aliphatic hydroxyl groups is 1. The van der Waals surface area contributed by atoms with E-state index in [-0.39, 0.29) is 13.2 Å². The lowest BCUT2D eigenvalue weighted by molar-refractivity contribution is -0.141. The van der Waals surface area contributed by atoms with Crippen LogP contribution in [0.4, 0.5) is 0 Å². The molecule has 5 nitrogen and oxygen atoms in total. The number of carbonyl (C=O) groups is 1. The van der Waals surface area contributed by atoms with Gasteiger partial charge in [0.15, 0.2) is 0 Å². The zero-order valence-electron chi connectivity index (χ0n) is 21.6. The summed E-state index contributed by atoms with van der Waals surface area (Å²) in [5, 5.41) is 10.4. The largest absolute Gasteiger partial charge is 0.494 e. The average Bonchev–Trinajstić information content (AvgIpc) is 2.95.